The number of ether oxygens (including phenoxy) is 1. The molecule has 0 spiro atoms. The van der Waals surface area contributed by atoms with E-state index in [-0.39, 0.29) is 0 Å². The van der Waals surface area contributed by atoms with Crippen molar-refractivity contribution in [2.75, 3.05) is 5.32 Å². The van der Waals surface area contributed by atoms with Gasteiger partial charge >= 0.3 is 0 Å². The predicted molar refractivity (Wildman–Crippen MR) is 103 cm³/mol. The van der Waals surface area contributed by atoms with Crippen molar-refractivity contribution in [3.8, 4) is 11.5 Å². The number of aromatic amines is 1. The second-order valence-electron chi connectivity index (χ2n) is 6.04. The highest BCUT2D eigenvalue weighted by Gasteiger charge is 2.09. The van der Waals surface area contributed by atoms with Crippen LogP contribution in [0.2, 0.25) is 0 Å². The van der Waals surface area contributed by atoms with Gasteiger partial charge in [-0.15, -0.1) is 0 Å². The topological polar surface area (TPSA) is 75.7 Å². The minimum absolute atomic E-state index is 0.341. The van der Waals surface area contributed by atoms with Gasteiger partial charge in [0.1, 0.15) is 22.5 Å². The third-order valence-electron chi connectivity index (χ3n) is 4.10. The van der Waals surface area contributed by atoms with E-state index in [9.17, 15) is 8.78 Å². The Morgan fingerprint density at radius 3 is 2.43 bits per heavy atom. The first-order chi connectivity index (χ1) is 13.6. The van der Waals surface area contributed by atoms with Crippen LogP contribution in [0.25, 0.3) is 22.1 Å². The monoisotopic (exact) mass is 395 g/mol. The minimum Gasteiger partial charge on any atom is -0.457 e. The summed E-state index contributed by atoms with van der Waals surface area (Å²) in [5.74, 6) is -0.145. The number of hydrogen-bond acceptors (Lipinski definition) is 6. The van der Waals surface area contributed by atoms with E-state index in [2.05, 4.69) is 24.0 Å². The van der Waals surface area contributed by atoms with Crippen LogP contribution in [-0.4, -0.2) is 18.7 Å². The molecule has 0 amide bonds. The molecule has 0 unspecified atom stereocenters. The lowest BCUT2D eigenvalue weighted by molar-refractivity contribution is 0.483. The number of rotatable bonds is 4. The Morgan fingerprint density at radius 2 is 1.57 bits per heavy atom. The van der Waals surface area contributed by atoms with Gasteiger partial charge in [-0.3, -0.25) is 0 Å². The van der Waals surface area contributed by atoms with Crippen LogP contribution >= 0.6 is 11.7 Å². The molecule has 2 aromatic heterocycles. The maximum atomic E-state index is 13.3. The molecule has 2 N–H and O–H groups in total. The van der Waals surface area contributed by atoms with Crippen LogP contribution < -0.4 is 10.1 Å². The Labute approximate surface area is 161 Å². The number of H-pyrrole nitrogens is 1. The smallest absolute Gasteiger partial charge is 0.205 e. The van der Waals surface area contributed by atoms with Gasteiger partial charge in [-0.1, -0.05) is 0 Å². The van der Waals surface area contributed by atoms with E-state index in [1.54, 1.807) is 12.1 Å². The van der Waals surface area contributed by atoms with E-state index in [0.29, 0.717) is 28.5 Å². The Hall–Kier alpha value is -3.59. The third kappa shape index (κ3) is 3.12. The molecule has 0 atom stereocenters. The van der Waals surface area contributed by atoms with Crippen molar-refractivity contribution in [2.45, 2.75) is 0 Å². The van der Waals surface area contributed by atoms with Gasteiger partial charge in [0.25, 0.3) is 0 Å². The number of anilines is 2. The normalized spacial score (nSPS) is 11.2. The van der Waals surface area contributed by atoms with Crippen LogP contribution in [0.5, 0.6) is 11.5 Å². The van der Waals surface area contributed by atoms with Crippen molar-refractivity contribution in [3.05, 3.63) is 66.2 Å². The van der Waals surface area contributed by atoms with Crippen molar-refractivity contribution in [3.63, 3.8) is 0 Å². The number of halogens is 2. The first-order valence-electron chi connectivity index (χ1n) is 8.26. The molecule has 5 rings (SSSR count). The Morgan fingerprint density at radius 1 is 0.821 bits per heavy atom. The highest BCUT2D eigenvalue weighted by Crippen LogP contribution is 2.27. The summed E-state index contributed by atoms with van der Waals surface area (Å²) in [6.45, 7) is 0. The number of hydrogen-bond donors (Lipinski definition) is 2. The number of nitrogens with zero attached hydrogens (tertiary/aromatic N) is 3. The molecule has 6 nitrogen and oxygen atoms in total. The largest absolute Gasteiger partial charge is 0.457 e. The Balaban J connectivity index is 1.33. The first-order valence-corrected chi connectivity index (χ1v) is 8.99. The molecule has 138 valence electrons. The van der Waals surface area contributed by atoms with Gasteiger partial charge < -0.3 is 15.0 Å². The molecule has 5 aromatic rings. The standard InChI is InChI=1S/C19H11F2N5OS/c20-13-8-16-17(9-14(13)21)24-19(23-16)22-10-1-3-11(4-2-10)27-12-5-6-15-18(7-12)26-28-25-15/h1-9H,(H2,22,23,24). The predicted octanol–water partition coefficient (Wildman–Crippen LogP) is 5.38. The summed E-state index contributed by atoms with van der Waals surface area (Å²) in [5.41, 5.74) is 3.12. The van der Waals surface area contributed by atoms with Crippen LogP contribution in [0.3, 0.4) is 0 Å². The third-order valence-corrected chi connectivity index (χ3v) is 4.66. The minimum atomic E-state index is -0.932. The van der Waals surface area contributed by atoms with Crippen molar-refractivity contribution in [1.82, 2.24) is 18.7 Å². The zero-order valence-corrected chi connectivity index (χ0v) is 14.9. The van der Waals surface area contributed by atoms with E-state index in [1.807, 2.05) is 30.3 Å². The molecule has 0 aliphatic rings. The lowest BCUT2D eigenvalue weighted by Gasteiger charge is -2.07. The zero-order chi connectivity index (χ0) is 19.1. The fraction of sp³-hybridized carbons (Fsp3) is 0. The van der Waals surface area contributed by atoms with Crippen molar-refractivity contribution in [1.29, 1.82) is 0 Å². The van der Waals surface area contributed by atoms with Gasteiger partial charge in [0.05, 0.1) is 22.8 Å². The Kier molecular flexibility index (Phi) is 3.87. The van der Waals surface area contributed by atoms with E-state index >= 15 is 0 Å². The molecule has 0 fully saturated rings. The fourth-order valence-electron chi connectivity index (χ4n) is 2.77. The number of nitrogens with one attached hydrogen (secondary N) is 2. The highest BCUT2D eigenvalue weighted by atomic mass is 32.1. The summed E-state index contributed by atoms with van der Waals surface area (Å²) < 4.78 is 40.8. The average Bonchev–Trinajstić information content (AvgIpc) is 3.29. The average molecular weight is 395 g/mol. The molecule has 0 aliphatic heterocycles. The molecule has 0 saturated carbocycles. The second-order valence-corrected chi connectivity index (χ2v) is 6.56. The van der Waals surface area contributed by atoms with Gasteiger partial charge in [0, 0.05) is 23.9 Å². The lowest BCUT2D eigenvalue weighted by Crippen LogP contribution is -1.92. The van der Waals surface area contributed by atoms with Crippen molar-refractivity contribution in [2.24, 2.45) is 0 Å². The number of fused-ring (bicyclic) bond motifs is 2. The maximum Gasteiger partial charge on any atom is 0.205 e. The molecule has 9 heteroatoms. The molecule has 28 heavy (non-hydrogen) atoms. The van der Waals surface area contributed by atoms with Gasteiger partial charge in [0.2, 0.25) is 5.95 Å². The molecule has 2 heterocycles. The van der Waals surface area contributed by atoms with Crippen LogP contribution in [0.1, 0.15) is 0 Å². The molecule has 0 radical (unpaired) electrons. The van der Waals surface area contributed by atoms with Crippen LogP contribution in [0, 0.1) is 11.6 Å². The molecule has 0 aliphatic carbocycles. The molecular formula is C19H11F2N5OS. The van der Waals surface area contributed by atoms with Gasteiger partial charge in [-0.2, -0.15) is 8.75 Å². The van der Waals surface area contributed by atoms with Gasteiger partial charge in [-0.25, -0.2) is 13.8 Å². The Bertz CT molecular complexity index is 1260. The fourth-order valence-corrected chi connectivity index (χ4v) is 3.29. The SMILES string of the molecule is Fc1cc2nc(Nc3ccc(Oc4ccc5nsnc5c4)cc3)[nH]c2cc1F. The molecule has 3 aromatic carbocycles. The lowest BCUT2D eigenvalue weighted by atomic mass is 10.3. The van der Waals surface area contributed by atoms with Crippen LogP contribution in [0.4, 0.5) is 20.4 Å². The highest BCUT2D eigenvalue weighted by molar-refractivity contribution is 7.00. The maximum absolute atomic E-state index is 13.3. The van der Waals surface area contributed by atoms with E-state index in [0.717, 1.165) is 40.6 Å². The first kappa shape index (κ1) is 16.6. The van der Waals surface area contributed by atoms with E-state index in [4.69, 9.17) is 4.74 Å². The summed E-state index contributed by atoms with van der Waals surface area (Å²) >= 11 is 1.16. The quantitative estimate of drug-likeness (QED) is 0.427. The summed E-state index contributed by atoms with van der Waals surface area (Å²) in [7, 11) is 0. The summed E-state index contributed by atoms with van der Waals surface area (Å²) in [4.78, 5) is 7.12. The zero-order valence-electron chi connectivity index (χ0n) is 14.1. The van der Waals surface area contributed by atoms with Crippen LogP contribution in [0.15, 0.2) is 54.6 Å². The van der Waals surface area contributed by atoms with E-state index in [1.165, 1.54) is 0 Å². The molecular weight excluding hydrogens is 384 g/mol. The van der Waals surface area contributed by atoms with Crippen LogP contribution in [-0.2, 0) is 0 Å². The number of imidazole rings is 1. The van der Waals surface area contributed by atoms with Crippen molar-refractivity contribution >= 4 is 45.4 Å². The molecule has 0 saturated heterocycles. The summed E-state index contributed by atoms with van der Waals surface area (Å²) in [6.07, 6.45) is 0. The molecule has 0 bridgehead atoms. The summed E-state index contributed by atoms with van der Waals surface area (Å²) in [6, 6.07) is 14.9. The van der Waals surface area contributed by atoms with Gasteiger partial charge in [-0.05, 0) is 36.4 Å². The summed E-state index contributed by atoms with van der Waals surface area (Å²) in [5, 5.41) is 3.06. The van der Waals surface area contributed by atoms with Crippen molar-refractivity contribution < 1.29 is 13.5 Å². The van der Waals surface area contributed by atoms with Gasteiger partial charge in [0.15, 0.2) is 11.6 Å². The number of aromatic nitrogens is 4. The second kappa shape index (κ2) is 6.54. The number of benzene rings is 3. The van der Waals surface area contributed by atoms with E-state index < -0.39 is 11.6 Å².